The Morgan fingerprint density at radius 1 is 1.14 bits per heavy atom. The van der Waals surface area contributed by atoms with Crippen LogP contribution in [0.15, 0.2) is 46.9 Å². The third-order valence-electron chi connectivity index (χ3n) is 4.62. The Kier molecular flexibility index (Phi) is 3.27. The molecule has 0 saturated carbocycles. The topological polar surface area (TPSA) is 21.3 Å². The van der Waals surface area contributed by atoms with Crippen LogP contribution < -0.4 is 5.32 Å². The van der Waals surface area contributed by atoms with Gasteiger partial charge in [-0.15, -0.1) is 0 Å². The molecule has 1 N–H and O–H groups in total. The highest BCUT2D eigenvalue weighted by Gasteiger charge is 2.41. The van der Waals surface area contributed by atoms with Crippen LogP contribution in [0.2, 0.25) is 0 Å². The van der Waals surface area contributed by atoms with Crippen molar-refractivity contribution in [3.63, 3.8) is 0 Å². The summed E-state index contributed by atoms with van der Waals surface area (Å²) in [5.74, 6) is 0.514. The van der Waals surface area contributed by atoms with E-state index >= 15 is 0 Å². The molecule has 0 radical (unpaired) electrons. The maximum Gasteiger partial charge on any atom is 0.0896 e. The van der Waals surface area contributed by atoms with Crippen molar-refractivity contribution in [2.45, 2.75) is 25.5 Å². The molecule has 0 aliphatic carbocycles. The smallest absolute Gasteiger partial charge is 0.0896 e. The number of rotatable bonds is 1. The molecule has 108 valence electrons. The molecular formula is C18H18BrNO. The standard InChI is InChI=1S/C18H18BrNO/c1-11-2-7-16-15(10-11)18-14(8-9-21-18)17(20-16)12-3-5-13(19)6-4-12/h2-7,10,14,17-18,20H,8-9H2,1H3/t14-,17-,18-/m1/s1. The van der Waals surface area contributed by atoms with Crippen molar-refractivity contribution < 1.29 is 4.74 Å². The van der Waals surface area contributed by atoms with Gasteiger partial charge in [0.2, 0.25) is 0 Å². The maximum absolute atomic E-state index is 6.06. The Balaban J connectivity index is 1.77. The Morgan fingerprint density at radius 3 is 2.76 bits per heavy atom. The van der Waals surface area contributed by atoms with Crippen molar-refractivity contribution in [2.24, 2.45) is 5.92 Å². The van der Waals surface area contributed by atoms with Crippen molar-refractivity contribution in [3.05, 3.63) is 63.6 Å². The molecule has 2 nitrogen and oxygen atoms in total. The summed E-state index contributed by atoms with van der Waals surface area (Å²) in [5, 5.41) is 3.74. The maximum atomic E-state index is 6.06. The van der Waals surface area contributed by atoms with E-state index in [0.29, 0.717) is 12.0 Å². The molecule has 0 aromatic heterocycles. The van der Waals surface area contributed by atoms with Crippen LogP contribution in [0.5, 0.6) is 0 Å². The number of fused-ring (bicyclic) bond motifs is 3. The van der Waals surface area contributed by atoms with Crippen LogP contribution in [-0.2, 0) is 4.74 Å². The molecule has 2 heterocycles. The lowest BCUT2D eigenvalue weighted by atomic mass is 9.81. The van der Waals surface area contributed by atoms with Gasteiger partial charge in [0.1, 0.15) is 0 Å². The van der Waals surface area contributed by atoms with E-state index in [0.717, 1.165) is 17.5 Å². The van der Waals surface area contributed by atoms with Gasteiger partial charge in [-0.2, -0.15) is 0 Å². The van der Waals surface area contributed by atoms with E-state index in [-0.39, 0.29) is 6.10 Å². The lowest BCUT2D eigenvalue weighted by molar-refractivity contribution is 0.0829. The molecule has 0 spiro atoms. The van der Waals surface area contributed by atoms with Gasteiger partial charge in [-0.1, -0.05) is 45.8 Å². The number of hydrogen-bond donors (Lipinski definition) is 1. The lowest BCUT2D eigenvalue weighted by Crippen LogP contribution is -2.29. The summed E-state index contributed by atoms with van der Waals surface area (Å²) in [7, 11) is 0. The van der Waals surface area contributed by atoms with Gasteiger partial charge in [-0.25, -0.2) is 0 Å². The van der Waals surface area contributed by atoms with Gasteiger partial charge in [0, 0.05) is 28.2 Å². The van der Waals surface area contributed by atoms with Gasteiger partial charge in [0.05, 0.1) is 12.1 Å². The second kappa shape index (κ2) is 5.15. The molecular weight excluding hydrogens is 326 g/mol. The van der Waals surface area contributed by atoms with Gasteiger partial charge in [-0.3, -0.25) is 0 Å². The zero-order valence-electron chi connectivity index (χ0n) is 12.0. The minimum absolute atomic E-state index is 0.231. The van der Waals surface area contributed by atoms with E-state index in [2.05, 4.69) is 70.6 Å². The van der Waals surface area contributed by atoms with E-state index in [1.165, 1.54) is 22.4 Å². The first kappa shape index (κ1) is 13.4. The summed E-state index contributed by atoms with van der Waals surface area (Å²) in [4.78, 5) is 0. The first-order chi connectivity index (χ1) is 10.2. The van der Waals surface area contributed by atoms with Crippen LogP contribution in [0.25, 0.3) is 0 Å². The number of anilines is 1. The van der Waals surface area contributed by atoms with Gasteiger partial charge < -0.3 is 10.1 Å². The molecule has 1 fully saturated rings. The monoisotopic (exact) mass is 343 g/mol. The largest absolute Gasteiger partial charge is 0.378 e. The molecule has 3 atom stereocenters. The molecule has 3 heteroatoms. The zero-order valence-corrected chi connectivity index (χ0v) is 13.6. The molecule has 1 saturated heterocycles. The minimum Gasteiger partial charge on any atom is -0.378 e. The van der Waals surface area contributed by atoms with Crippen molar-refractivity contribution in [2.75, 3.05) is 11.9 Å². The van der Waals surface area contributed by atoms with E-state index in [1.54, 1.807) is 0 Å². The zero-order chi connectivity index (χ0) is 14.4. The summed E-state index contributed by atoms with van der Waals surface area (Å²) in [5.41, 5.74) is 5.18. The van der Waals surface area contributed by atoms with Crippen LogP contribution in [0.3, 0.4) is 0 Å². The van der Waals surface area contributed by atoms with Crippen molar-refractivity contribution >= 4 is 21.6 Å². The molecule has 0 bridgehead atoms. The Labute approximate surface area is 133 Å². The minimum atomic E-state index is 0.231. The first-order valence-corrected chi connectivity index (χ1v) is 8.26. The van der Waals surface area contributed by atoms with Crippen LogP contribution in [0.4, 0.5) is 5.69 Å². The molecule has 21 heavy (non-hydrogen) atoms. The van der Waals surface area contributed by atoms with Gasteiger partial charge in [-0.05, 0) is 37.1 Å². The van der Waals surface area contributed by atoms with Gasteiger partial charge in [0.15, 0.2) is 0 Å². The molecule has 2 aromatic rings. The van der Waals surface area contributed by atoms with Crippen LogP contribution in [-0.4, -0.2) is 6.61 Å². The molecule has 2 aliphatic heterocycles. The summed E-state index contributed by atoms with van der Waals surface area (Å²) in [6.45, 7) is 3.00. The second-order valence-corrected chi connectivity index (χ2v) is 6.92. The third-order valence-corrected chi connectivity index (χ3v) is 5.15. The van der Waals surface area contributed by atoms with Crippen molar-refractivity contribution in [1.29, 1.82) is 0 Å². The highest BCUT2D eigenvalue weighted by Crippen LogP contribution is 2.49. The number of nitrogens with one attached hydrogen (secondary N) is 1. The number of benzene rings is 2. The Hall–Kier alpha value is -1.32. The Morgan fingerprint density at radius 2 is 1.95 bits per heavy atom. The van der Waals surface area contributed by atoms with Gasteiger partial charge >= 0.3 is 0 Å². The van der Waals surface area contributed by atoms with Crippen molar-refractivity contribution in [1.82, 2.24) is 0 Å². The van der Waals surface area contributed by atoms with E-state index in [9.17, 15) is 0 Å². The summed E-state index contributed by atoms with van der Waals surface area (Å²) in [6, 6.07) is 15.6. The van der Waals surface area contributed by atoms with Crippen LogP contribution in [0, 0.1) is 12.8 Å². The molecule has 4 rings (SSSR count). The van der Waals surface area contributed by atoms with Crippen LogP contribution in [0.1, 0.15) is 35.3 Å². The summed E-state index contributed by atoms with van der Waals surface area (Å²) < 4.78 is 7.19. The third kappa shape index (κ3) is 2.29. The average molecular weight is 344 g/mol. The normalized spacial score (nSPS) is 26.9. The lowest BCUT2D eigenvalue weighted by Gasteiger charge is -2.36. The van der Waals surface area contributed by atoms with E-state index < -0.39 is 0 Å². The molecule has 2 aliphatic rings. The average Bonchev–Trinajstić information content (AvgIpc) is 2.97. The van der Waals surface area contributed by atoms with E-state index in [4.69, 9.17) is 4.74 Å². The highest BCUT2D eigenvalue weighted by molar-refractivity contribution is 9.10. The van der Waals surface area contributed by atoms with Crippen molar-refractivity contribution in [3.8, 4) is 0 Å². The number of hydrogen-bond acceptors (Lipinski definition) is 2. The summed E-state index contributed by atoms with van der Waals surface area (Å²) >= 11 is 3.51. The fraction of sp³-hybridized carbons (Fsp3) is 0.333. The Bertz CT molecular complexity index is 667. The predicted octanol–water partition coefficient (Wildman–Crippen LogP) is 5.00. The van der Waals surface area contributed by atoms with Crippen LogP contribution >= 0.6 is 15.9 Å². The van der Waals surface area contributed by atoms with Gasteiger partial charge in [0.25, 0.3) is 0 Å². The van der Waals surface area contributed by atoms with E-state index in [1.807, 2.05) is 0 Å². The number of aryl methyl sites for hydroxylation is 1. The first-order valence-electron chi connectivity index (χ1n) is 7.46. The SMILES string of the molecule is Cc1ccc2c(c1)[C@@H]1OCC[C@@H]1[C@@H](c1ccc(Br)cc1)N2. The summed E-state index contributed by atoms with van der Waals surface area (Å²) in [6.07, 6.45) is 1.35. The second-order valence-electron chi connectivity index (χ2n) is 6.01. The predicted molar refractivity (Wildman–Crippen MR) is 88.5 cm³/mol. The molecule has 0 amide bonds. The molecule has 2 aromatic carbocycles. The molecule has 0 unspecified atom stereocenters. The number of ether oxygens (including phenoxy) is 1. The fourth-order valence-corrected chi connectivity index (χ4v) is 3.86. The number of halogens is 1. The quantitative estimate of drug-likeness (QED) is 0.786. The fourth-order valence-electron chi connectivity index (χ4n) is 3.59. The highest BCUT2D eigenvalue weighted by atomic mass is 79.9.